The third-order valence-corrected chi connectivity index (χ3v) is 5.43. The van der Waals surface area contributed by atoms with Crippen molar-refractivity contribution < 1.29 is 13.9 Å². The van der Waals surface area contributed by atoms with E-state index in [9.17, 15) is 14.0 Å². The molecule has 150 valence electrons. The fourth-order valence-electron chi connectivity index (χ4n) is 3.07. The lowest BCUT2D eigenvalue weighted by Gasteiger charge is -2.15. The Bertz CT molecular complexity index is 1100. The summed E-state index contributed by atoms with van der Waals surface area (Å²) in [5.74, 6) is -0.963. The second-order valence-electron chi connectivity index (χ2n) is 6.49. The molecule has 1 saturated heterocycles. The molecule has 0 aliphatic carbocycles. The van der Waals surface area contributed by atoms with E-state index in [0.29, 0.717) is 18.3 Å². The summed E-state index contributed by atoms with van der Waals surface area (Å²) < 4.78 is 20.8. The SMILES string of the molecule is O=C(CSc1nc2nccnc2c(=O)n1C[C@@H]1CCCO1)Nc1ccccc1F. The molecule has 8 nitrogen and oxygen atoms in total. The Morgan fingerprint density at radius 2 is 2.14 bits per heavy atom. The number of amides is 1. The van der Waals surface area contributed by atoms with E-state index in [1.165, 1.54) is 29.1 Å². The molecule has 0 unspecified atom stereocenters. The second kappa shape index (κ2) is 8.66. The highest BCUT2D eigenvalue weighted by Crippen LogP contribution is 2.21. The van der Waals surface area contributed by atoms with Crippen LogP contribution in [0.5, 0.6) is 0 Å². The minimum Gasteiger partial charge on any atom is -0.376 e. The molecule has 0 radical (unpaired) electrons. The van der Waals surface area contributed by atoms with Crippen molar-refractivity contribution in [1.29, 1.82) is 0 Å². The van der Waals surface area contributed by atoms with Crippen molar-refractivity contribution >= 4 is 34.5 Å². The lowest BCUT2D eigenvalue weighted by Crippen LogP contribution is -2.30. The molecule has 1 aliphatic rings. The van der Waals surface area contributed by atoms with Gasteiger partial charge >= 0.3 is 0 Å². The smallest absolute Gasteiger partial charge is 0.282 e. The lowest BCUT2D eigenvalue weighted by molar-refractivity contribution is -0.113. The van der Waals surface area contributed by atoms with E-state index >= 15 is 0 Å². The van der Waals surface area contributed by atoms with Crippen LogP contribution in [0.2, 0.25) is 0 Å². The molecule has 2 aromatic heterocycles. The van der Waals surface area contributed by atoms with Gasteiger partial charge in [0.2, 0.25) is 5.91 Å². The molecule has 29 heavy (non-hydrogen) atoms. The van der Waals surface area contributed by atoms with Crippen LogP contribution in [-0.4, -0.2) is 43.9 Å². The highest BCUT2D eigenvalue weighted by atomic mass is 32.2. The molecule has 1 aromatic carbocycles. The summed E-state index contributed by atoms with van der Waals surface area (Å²) in [6.07, 6.45) is 4.60. The van der Waals surface area contributed by atoms with Crippen molar-refractivity contribution in [2.75, 3.05) is 17.7 Å². The zero-order chi connectivity index (χ0) is 20.2. The molecule has 1 aliphatic heterocycles. The van der Waals surface area contributed by atoms with E-state index in [2.05, 4.69) is 20.3 Å². The molecule has 10 heteroatoms. The Morgan fingerprint density at radius 1 is 1.31 bits per heavy atom. The minimum atomic E-state index is -0.514. The number of rotatable bonds is 6. The maximum Gasteiger partial charge on any atom is 0.282 e. The van der Waals surface area contributed by atoms with Crippen LogP contribution in [0.1, 0.15) is 12.8 Å². The van der Waals surface area contributed by atoms with Gasteiger partial charge < -0.3 is 10.1 Å². The van der Waals surface area contributed by atoms with Crippen LogP contribution in [0.15, 0.2) is 46.6 Å². The third-order valence-electron chi connectivity index (χ3n) is 4.45. The topological polar surface area (TPSA) is 99.0 Å². The zero-order valence-electron chi connectivity index (χ0n) is 15.4. The standard InChI is InChI=1S/C19H18FN5O3S/c20-13-5-1-2-6-14(13)23-15(26)11-29-19-24-17-16(21-7-8-22-17)18(27)25(19)10-12-4-3-9-28-12/h1-2,5-8,12H,3-4,9-11H2,(H,23,26)/t12-/m0/s1. The summed E-state index contributed by atoms with van der Waals surface area (Å²) in [7, 11) is 0. The van der Waals surface area contributed by atoms with Crippen LogP contribution in [0, 0.1) is 5.82 Å². The number of halogens is 1. The van der Waals surface area contributed by atoms with Gasteiger partial charge in [0.1, 0.15) is 5.82 Å². The Morgan fingerprint density at radius 3 is 2.93 bits per heavy atom. The average Bonchev–Trinajstić information content (AvgIpc) is 3.24. The summed E-state index contributed by atoms with van der Waals surface area (Å²) >= 11 is 1.09. The Balaban J connectivity index is 1.57. The molecule has 1 atom stereocenters. The van der Waals surface area contributed by atoms with Gasteiger partial charge in [-0.05, 0) is 25.0 Å². The number of nitrogens with one attached hydrogen (secondary N) is 1. The number of carbonyl (C=O) groups excluding carboxylic acids is 1. The molecule has 0 spiro atoms. The number of hydrogen-bond donors (Lipinski definition) is 1. The Labute approximate surface area is 169 Å². The van der Waals surface area contributed by atoms with Crippen molar-refractivity contribution in [2.45, 2.75) is 30.6 Å². The van der Waals surface area contributed by atoms with Gasteiger partial charge in [0.15, 0.2) is 16.3 Å². The number of carbonyl (C=O) groups is 1. The molecular formula is C19H18FN5O3S. The first-order valence-electron chi connectivity index (χ1n) is 9.12. The fraction of sp³-hybridized carbons (Fsp3) is 0.316. The number of nitrogens with zero attached hydrogens (tertiary/aromatic N) is 4. The third kappa shape index (κ3) is 4.43. The quantitative estimate of drug-likeness (QED) is 0.487. The van der Waals surface area contributed by atoms with Gasteiger partial charge in [-0.2, -0.15) is 0 Å². The number of para-hydroxylation sites is 1. The van der Waals surface area contributed by atoms with E-state index in [0.717, 1.165) is 24.6 Å². The summed E-state index contributed by atoms with van der Waals surface area (Å²) in [5, 5.41) is 2.87. The summed E-state index contributed by atoms with van der Waals surface area (Å²) in [6.45, 7) is 0.989. The number of anilines is 1. The molecule has 1 fully saturated rings. The van der Waals surface area contributed by atoms with E-state index in [1.807, 2.05) is 0 Å². The molecule has 0 bridgehead atoms. The molecule has 4 rings (SSSR count). The number of ether oxygens (including phenoxy) is 1. The Hall–Kier alpha value is -2.85. The van der Waals surface area contributed by atoms with Crippen LogP contribution < -0.4 is 10.9 Å². The minimum absolute atomic E-state index is 0.0436. The van der Waals surface area contributed by atoms with E-state index in [-0.39, 0.29) is 34.3 Å². The predicted molar refractivity (Wildman–Crippen MR) is 106 cm³/mol. The summed E-state index contributed by atoms with van der Waals surface area (Å²) in [6, 6.07) is 5.93. The van der Waals surface area contributed by atoms with Crippen LogP contribution >= 0.6 is 11.8 Å². The van der Waals surface area contributed by atoms with Crippen molar-refractivity contribution in [3.63, 3.8) is 0 Å². The molecule has 3 heterocycles. The van der Waals surface area contributed by atoms with Gasteiger partial charge in [0.05, 0.1) is 24.1 Å². The first-order chi connectivity index (χ1) is 14.1. The normalized spacial score (nSPS) is 16.2. The number of aromatic nitrogens is 4. The van der Waals surface area contributed by atoms with Crippen molar-refractivity contribution in [3.8, 4) is 0 Å². The molecule has 0 saturated carbocycles. The number of benzene rings is 1. The highest BCUT2D eigenvalue weighted by molar-refractivity contribution is 7.99. The molecule has 1 N–H and O–H groups in total. The Kier molecular flexibility index (Phi) is 5.81. The van der Waals surface area contributed by atoms with E-state index in [4.69, 9.17) is 4.74 Å². The van der Waals surface area contributed by atoms with Gasteiger partial charge in [-0.15, -0.1) is 0 Å². The summed E-state index contributed by atoms with van der Waals surface area (Å²) in [4.78, 5) is 37.8. The summed E-state index contributed by atoms with van der Waals surface area (Å²) in [5.41, 5.74) is 0.173. The van der Waals surface area contributed by atoms with Gasteiger partial charge in [-0.3, -0.25) is 14.2 Å². The van der Waals surface area contributed by atoms with E-state index in [1.54, 1.807) is 12.1 Å². The van der Waals surface area contributed by atoms with Crippen molar-refractivity contribution in [1.82, 2.24) is 19.5 Å². The number of hydrogen-bond acceptors (Lipinski definition) is 7. The fourth-order valence-corrected chi connectivity index (χ4v) is 3.87. The molecule has 1 amide bonds. The maximum atomic E-state index is 13.7. The van der Waals surface area contributed by atoms with Gasteiger partial charge in [0, 0.05) is 19.0 Å². The maximum absolute atomic E-state index is 13.7. The van der Waals surface area contributed by atoms with Crippen molar-refractivity contribution in [3.05, 3.63) is 52.8 Å². The van der Waals surface area contributed by atoms with Gasteiger partial charge in [-0.1, -0.05) is 23.9 Å². The highest BCUT2D eigenvalue weighted by Gasteiger charge is 2.21. The number of fused-ring (bicyclic) bond motifs is 1. The van der Waals surface area contributed by atoms with Crippen LogP contribution in [0.25, 0.3) is 11.2 Å². The zero-order valence-corrected chi connectivity index (χ0v) is 16.2. The van der Waals surface area contributed by atoms with Crippen LogP contribution in [0.4, 0.5) is 10.1 Å². The number of thioether (sulfide) groups is 1. The van der Waals surface area contributed by atoms with Crippen LogP contribution in [-0.2, 0) is 16.1 Å². The average molecular weight is 415 g/mol. The molecule has 3 aromatic rings. The second-order valence-corrected chi connectivity index (χ2v) is 7.43. The van der Waals surface area contributed by atoms with Gasteiger partial charge in [0.25, 0.3) is 5.56 Å². The first-order valence-corrected chi connectivity index (χ1v) is 10.1. The monoisotopic (exact) mass is 415 g/mol. The van der Waals surface area contributed by atoms with Crippen LogP contribution in [0.3, 0.4) is 0 Å². The lowest BCUT2D eigenvalue weighted by atomic mass is 10.2. The van der Waals surface area contributed by atoms with Gasteiger partial charge in [-0.25, -0.2) is 19.3 Å². The van der Waals surface area contributed by atoms with E-state index < -0.39 is 11.7 Å². The molecular weight excluding hydrogens is 397 g/mol. The van der Waals surface area contributed by atoms with Crippen molar-refractivity contribution in [2.24, 2.45) is 0 Å². The largest absolute Gasteiger partial charge is 0.376 e. The first kappa shape index (κ1) is 19.5. The predicted octanol–water partition coefficient (Wildman–Crippen LogP) is 2.24.